The van der Waals surface area contributed by atoms with Gasteiger partial charge in [0.2, 0.25) is 0 Å². The van der Waals surface area contributed by atoms with Crippen LogP contribution < -0.4 is 5.32 Å². The van der Waals surface area contributed by atoms with Crippen LogP contribution in [0.5, 0.6) is 0 Å². The van der Waals surface area contributed by atoms with Crippen molar-refractivity contribution in [2.75, 3.05) is 0 Å². The SMILES string of the molecule is Cc1nccn1Cc1ccoc1CNC(C)(C)C. The topological polar surface area (TPSA) is 43.0 Å². The minimum absolute atomic E-state index is 0.0922. The van der Waals surface area contributed by atoms with Gasteiger partial charge in [-0.05, 0) is 33.8 Å². The summed E-state index contributed by atoms with van der Waals surface area (Å²) >= 11 is 0. The molecule has 2 aromatic heterocycles. The summed E-state index contributed by atoms with van der Waals surface area (Å²) in [5, 5.41) is 3.44. The lowest BCUT2D eigenvalue weighted by Crippen LogP contribution is -2.35. The maximum absolute atomic E-state index is 5.55. The van der Waals surface area contributed by atoms with Crippen LogP contribution in [-0.4, -0.2) is 15.1 Å². The number of nitrogens with zero attached hydrogens (tertiary/aromatic N) is 2. The summed E-state index contributed by atoms with van der Waals surface area (Å²) in [7, 11) is 0. The van der Waals surface area contributed by atoms with Gasteiger partial charge in [-0.2, -0.15) is 0 Å². The molecule has 0 saturated heterocycles. The number of hydrogen-bond donors (Lipinski definition) is 1. The third-order valence-corrected chi connectivity index (χ3v) is 2.88. The third-order valence-electron chi connectivity index (χ3n) is 2.88. The smallest absolute Gasteiger partial charge is 0.122 e. The Hall–Kier alpha value is -1.55. The second kappa shape index (κ2) is 4.98. The van der Waals surface area contributed by atoms with Crippen molar-refractivity contribution in [2.24, 2.45) is 0 Å². The van der Waals surface area contributed by atoms with Crippen molar-refractivity contribution in [3.63, 3.8) is 0 Å². The van der Waals surface area contributed by atoms with Gasteiger partial charge in [-0.3, -0.25) is 0 Å². The van der Waals surface area contributed by atoms with Crippen LogP contribution in [0.1, 0.15) is 37.9 Å². The molecule has 0 spiro atoms. The van der Waals surface area contributed by atoms with Crippen molar-refractivity contribution in [1.82, 2.24) is 14.9 Å². The number of imidazole rings is 1. The Balaban J connectivity index is 2.06. The largest absolute Gasteiger partial charge is 0.468 e. The van der Waals surface area contributed by atoms with E-state index in [1.807, 2.05) is 25.4 Å². The van der Waals surface area contributed by atoms with Crippen molar-refractivity contribution >= 4 is 0 Å². The first-order valence-electron chi connectivity index (χ1n) is 6.24. The standard InChI is InChI=1S/C14H21N3O/c1-11-15-6-7-17(11)10-12-5-8-18-13(12)9-16-14(2,3)4/h5-8,16H,9-10H2,1-4H3. The van der Waals surface area contributed by atoms with Gasteiger partial charge < -0.3 is 14.3 Å². The lowest BCUT2D eigenvalue weighted by Gasteiger charge is -2.20. The highest BCUT2D eigenvalue weighted by molar-refractivity contribution is 5.18. The van der Waals surface area contributed by atoms with Crippen LogP contribution in [0.25, 0.3) is 0 Å². The molecule has 4 heteroatoms. The molecule has 2 heterocycles. The molecule has 18 heavy (non-hydrogen) atoms. The zero-order valence-electron chi connectivity index (χ0n) is 11.5. The van der Waals surface area contributed by atoms with E-state index in [2.05, 4.69) is 35.6 Å². The van der Waals surface area contributed by atoms with E-state index >= 15 is 0 Å². The lowest BCUT2D eigenvalue weighted by molar-refractivity contribution is 0.385. The van der Waals surface area contributed by atoms with Crippen molar-refractivity contribution in [1.29, 1.82) is 0 Å². The molecular weight excluding hydrogens is 226 g/mol. The van der Waals surface area contributed by atoms with Gasteiger partial charge in [0.1, 0.15) is 11.6 Å². The van der Waals surface area contributed by atoms with Crippen LogP contribution >= 0.6 is 0 Å². The fourth-order valence-corrected chi connectivity index (χ4v) is 1.76. The van der Waals surface area contributed by atoms with Crippen molar-refractivity contribution in [3.8, 4) is 0 Å². The first-order chi connectivity index (χ1) is 8.46. The van der Waals surface area contributed by atoms with Crippen molar-refractivity contribution in [3.05, 3.63) is 41.9 Å². The van der Waals surface area contributed by atoms with Gasteiger partial charge in [0.15, 0.2) is 0 Å². The number of aryl methyl sites for hydroxylation is 1. The van der Waals surface area contributed by atoms with E-state index in [4.69, 9.17) is 4.42 Å². The molecule has 2 rings (SSSR count). The molecule has 2 aromatic rings. The summed E-state index contributed by atoms with van der Waals surface area (Å²) in [6.45, 7) is 10.0. The second-order valence-electron chi connectivity index (χ2n) is 5.57. The normalized spacial score (nSPS) is 12.0. The molecule has 0 radical (unpaired) electrons. The summed E-state index contributed by atoms with van der Waals surface area (Å²) in [6, 6.07) is 2.03. The Kier molecular flexibility index (Phi) is 3.57. The van der Waals surface area contributed by atoms with Crippen LogP contribution in [0.3, 0.4) is 0 Å². The zero-order chi connectivity index (χ0) is 13.2. The molecule has 0 fully saturated rings. The Morgan fingerprint density at radius 1 is 1.39 bits per heavy atom. The van der Waals surface area contributed by atoms with Crippen molar-refractivity contribution < 1.29 is 4.42 Å². The monoisotopic (exact) mass is 247 g/mol. The van der Waals surface area contributed by atoms with E-state index < -0.39 is 0 Å². The molecule has 0 saturated carbocycles. The molecular formula is C14H21N3O. The van der Waals surface area contributed by atoms with Crippen LogP contribution in [0.2, 0.25) is 0 Å². The van der Waals surface area contributed by atoms with Crippen LogP contribution in [0.4, 0.5) is 0 Å². The molecule has 4 nitrogen and oxygen atoms in total. The number of nitrogens with one attached hydrogen (secondary N) is 1. The molecule has 0 aromatic carbocycles. The Morgan fingerprint density at radius 2 is 2.17 bits per heavy atom. The summed E-state index contributed by atoms with van der Waals surface area (Å²) in [5.41, 5.74) is 1.29. The average molecular weight is 247 g/mol. The first-order valence-corrected chi connectivity index (χ1v) is 6.24. The number of furan rings is 1. The van der Waals surface area contributed by atoms with E-state index in [0.717, 1.165) is 24.7 Å². The minimum Gasteiger partial charge on any atom is -0.468 e. The molecule has 1 N–H and O–H groups in total. The van der Waals surface area contributed by atoms with Crippen LogP contribution in [0, 0.1) is 6.92 Å². The maximum atomic E-state index is 5.55. The number of aromatic nitrogens is 2. The molecule has 0 amide bonds. The molecule has 0 unspecified atom stereocenters. The highest BCUT2D eigenvalue weighted by atomic mass is 16.3. The van der Waals surface area contributed by atoms with Gasteiger partial charge in [0.25, 0.3) is 0 Å². The van der Waals surface area contributed by atoms with Gasteiger partial charge in [-0.25, -0.2) is 4.98 Å². The predicted molar refractivity (Wildman–Crippen MR) is 71.4 cm³/mol. The fourth-order valence-electron chi connectivity index (χ4n) is 1.76. The molecule has 0 aliphatic carbocycles. The molecule has 0 aliphatic rings. The van der Waals surface area contributed by atoms with E-state index in [0.29, 0.717) is 0 Å². The number of hydrogen-bond acceptors (Lipinski definition) is 3. The fraction of sp³-hybridized carbons (Fsp3) is 0.500. The van der Waals surface area contributed by atoms with Crippen LogP contribution in [-0.2, 0) is 13.1 Å². The average Bonchev–Trinajstić information content (AvgIpc) is 2.86. The van der Waals surface area contributed by atoms with Gasteiger partial charge in [0.05, 0.1) is 19.4 Å². The summed E-state index contributed by atoms with van der Waals surface area (Å²) in [4.78, 5) is 4.23. The second-order valence-corrected chi connectivity index (χ2v) is 5.57. The van der Waals surface area contributed by atoms with E-state index in [9.17, 15) is 0 Å². The van der Waals surface area contributed by atoms with Gasteiger partial charge in [0, 0.05) is 23.5 Å². The molecule has 0 aliphatic heterocycles. The molecule has 0 bridgehead atoms. The summed E-state index contributed by atoms with van der Waals surface area (Å²) in [6.07, 6.45) is 5.56. The number of rotatable bonds is 4. The quantitative estimate of drug-likeness (QED) is 0.903. The highest BCUT2D eigenvalue weighted by Gasteiger charge is 2.13. The maximum Gasteiger partial charge on any atom is 0.122 e. The Labute approximate surface area is 108 Å². The zero-order valence-corrected chi connectivity index (χ0v) is 11.5. The molecule has 98 valence electrons. The molecule has 0 atom stereocenters. The Morgan fingerprint density at radius 3 is 2.78 bits per heavy atom. The third kappa shape index (κ3) is 3.23. The van der Waals surface area contributed by atoms with E-state index in [1.54, 1.807) is 6.26 Å². The van der Waals surface area contributed by atoms with Crippen molar-refractivity contribution in [2.45, 2.75) is 46.3 Å². The minimum atomic E-state index is 0.0922. The highest BCUT2D eigenvalue weighted by Crippen LogP contribution is 2.14. The summed E-state index contributed by atoms with van der Waals surface area (Å²) < 4.78 is 7.67. The predicted octanol–water partition coefficient (Wildman–Crippen LogP) is 2.72. The van der Waals surface area contributed by atoms with Gasteiger partial charge >= 0.3 is 0 Å². The van der Waals surface area contributed by atoms with Crippen LogP contribution in [0.15, 0.2) is 29.1 Å². The van der Waals surface area contributed by atoms with E-state index in [-0.39, 0.29) is 5.54 Å². The van der Waals surface area contributed by atoms with E-state index in [1.165, 1.54) is 5.56 Å². The van der Waals surface area contributed by atoms with Gasteiger partial charge in [-0.15, -0.1) is 0 Å². The lowest BCUT2D eigenvalue weighted by atomic mass is 10.1. The Bertz CT molecular complexity index is 505. The first kappa shape index (κ1) is 12.9. The van der Waals surface area contributed by atoms with Gasteiger partial charge in [-0.1, -0.05) is 0 Å². The summed E-state index contributed by atoms with van der Waals surface area (Å²) in [5.74, 6) is 2.02.